The number of rotatable bonds is 7. The summed E-state index contributed by atoms with van der Waals surface area (Å²) < 4.78 is 37.7. The minimum atomic E-state index is -3.84. The fourth-order valence-corrected chi connectivity index (χ4v) is 4.69. The zero-order chi connectivity index (χ0) is 20.9. The molecule has 0 atom stereocenters. The Morgan fingerprint density at radius 2 is 2.00 bits per heavy atom. The lowest BCUT2D eigenvalue weighted by Gasteiger charge is -2.27. The lowest BCUT2D eigenvalue weighted by Crippen LogP contribution is -2.41. The first-order valence-corrected chi connectivity index (χ1v) is 10.8. The van der Waals surface area contributed by atoms with Crippen molar-refractivity contribution in [2.45, 2.75) is 18.2 Å². The average molecular weight is 420 g/mol. The summed E-state index contributed by atoms with van der Waals surface area (Å²) in [4.78, 5) is 16.1. The maximum Gasteiger partial charge on any atom is 0.339 e. The molecule has 0 spiro atoms. The molecule has 9 heteroatoms. The fourth-order valence-electron chi connectivity index (χ4n) is 3.14. The summed E-state index contributed by atoms with van der Waals surface area (Å²) in [6.45, 7) is 3.72. The first kappa shape index (κ1) is 21.2. The molecule has 29 heavy (non-hydrogen) atoms. The van der Waals surface area contributed by atoms with Crippen molar-refractivity contribution in [3.05, 3.63) is 53.2 Å². The lowest BCUT2D eigenvalue weighted by molar-refractivity contribution is 0.0600. The van der Waals surface area contributed by atoms with Gasteiger partial charge in [0.25, 0.3) is 0 Å². The van der Waals surface area contributed by atoms with Crippen LogP contribution in [0.5, 0.6) is 0 Å². The zero-order valence-corrected chi connectivity index (χ0v) is 17.4. The van der Waals surface area contributed by atoms with E-state index in [1.165, 1.54) is 34.8 Å². The zero-order valence-electron chi connectivity index (χ0n) is 16.6. The molecule has 1 fully saturated rings. The van der Waals surface area contributed by atoms with Crippen LogP contribution in [0, 0.1) is 6.92 Å². The predicted octanol–water partition coefficient (Wildman–Crippen LogP) is 1.85. The van der Waals surface area contributed by atoms with Crippen LogP contribution in [0.3, 0.4) is 0 Å². The maximum absolute atomic E-state index is 13.2. The molecule has 1 aliphatic heterocycles. The van der Waals surface area contributed by atoms with E-state index in [-0.39, 0.29) is 29.4 Å². The van der Waals surface area contributed by atoms with Crippen molar-refractivity contribution < 1.29 is 22.7 Å². The molecule has 156 valence electrons. The number of carbonyl (C=O) groups excluding carboxylic acids is 1. The molecule has 1 N–H and O–H groups in total. The van der Waals surface area contributed by atoms with Crippen LogP contribution in [0.25, 0.3) is 0 Å². The van der Waals surface area contributed by atoms with Crippen LogP contribution in [0.2, 0.25) is 0 Å². The second-order valence-corrected chi connectivity index (χ2v) is 8.59. The molecule has 0 radical (unpaired) electrons. The second kappa shape index (κ2) is 9.34. The van der Waals surface area contributed by atoms with Crippen molar-refractivity contribution in [3.63, 3.8) is 0 Å². The molecule has 1 saturated heterocycles. The van der Waals surface area contributed by atoms with E-state index in [2.05, 4.69) is 10.3 Å². The molecular weight excluding hydrogens is 394 g/mol. The van der Waals surface area contributed by atoms with Gasteiger partial charge in [0, 0.05) is 25.8 Å². The topological polar surface area (TPSA) is 97.8 Å². The van der Waals surface area contributed by atoms with Crippen LogP contribution < -0.4 is 5.32 Å². The monoisotopic (exact) mass is 419 g/mol. The summed E-state index contributed by atoms with van der Waals surface area (Å²) in [6.07, 6.45) is 2.03. The third-order valence-corrected chi connectivity index (χ3v) is 6.72. The quantitative estimate of drug-likeness (QED) is 0.684. The van der Waals surface area contributed by atoms with E-state index in [9.17, 15) is 13.2 Å². The number of carbonyl (C=O) groups is 1. The average Bonchev–Trinajstić information content (AvgIpc) is 2.75. The van der Waals surface area contributed by atoms with Gasteiger partial charge in [-0.05, 0) is 30.5 Å². The van der Waals surface area contributed by atoms with Crippen molar-refractivity contribution >= 4 is 21.8 Å². The Balaban J connectivity index is 1.87. The van der Waals surface area contributed by atoms with E-state index in [1.807, 2.05) is 31.2 Å². The minimum Gasteiger partial charge on any atom is -0.465 e. The van der Waals surface area contributed by atoms with E-state index in [1.54, 1.807) is 0 Å². The Kier molecular flexibility index (Phi) is 6.83. The van der Waals surface area contributed by atoms with E-state index >= 15 is 0 Å². The lowest BCUT2D eigenvalue weighted by atomic mass is 10.1. The van der Waals surface area contributed by atoms with Gasteiger partial charge in [0.1, 0.15) is 10.7 Å². The van der Waals surface area contributed by atoms with E-state index in [0.717, 1.165) is 0 Å². The van der Waals surface area contributed by atoms with Gasteiger partial charge in [0.2, 0.25) is 10.0 Å². The van der Waals surface area contributed by atoms with Crippen molar-refractivity contribution in [2.75, 3.05) is 45.3 Å². The molecule has 1 aromatic carbocycles. The third-order valence-electron chi connectivity index (χ3n) is 4.81. The number of aryl methyl sites for hydroxylation is 1. The first-order valence-electron chi connectivity index (χ1n) is 9.38. The number of sulfonamides is 1. The number of hydrogen-bond acceptors (Lipinski definition) is 7. The highest BCUT2D eigenvalue weighted by Gasteiger charge is 2.30. The normalized spacial score (nSPS) is 15.1. The fraction of sp³-hybridized carbons (Fsp3) is 0.400. The van der Waals surface area contributed by atoms with Gasteiger partial charge in [-0.2, -0.15) is 4.31 Å². The molecule has 1 aromatic heterocycles. The number of aromatic nitrogens is 1. The van der Waals surface area contributed by atoms with Gasteiger partial charge in [-0.15, -0.1) is 0 Å². The first-order chi connectivity index (χ1) is 13.9. The molecule has 2 heterocycles. The van der Waals surface area contributed by atoms with Gasteiger partial charge in [0.15, 0.2) is 0 Å². The van der Waals surface area contributed by atoms with Crippen LogP contribution in [-0.2, 0) is 25.9 Å². The summed E-state index contributed by atoms with van der Waals surface area (Å²) in [5.41, 5.74) is 2.43. The molecule has 3 rings (SSSR count). The van der Waals surface area contributed by atoms with Crippen molar-refractivity contribution in [3.8, 4) is 0 Å². The number of hydrogen-bond donors (Lipinski definition) is 1. The Labute approximate surface area is 170 Å². The summed E-state index contributed by atoms with van der Waals surface area (Å²) >= 11 is 0. The smallest absolute Gasteiger partial charge is 0.339 e. The summed E-state index contributed by atoms with van der Waals surface area (Å²) in [5.74, 6) is -0.417. The Morgan fingerprint density at radius 3 is 2.69 bits per heavy atom. The Hall–Kier alpha value is -2.49. The summed E-state index contributed by atoms with van der Waals surface area (Å²) in [5, 5.41) is 3.12. The largest absolute Gasteiger partial charge is 0.465 e. The van der Waals surface area contributed by atoms with Crippen molar-refractivity contribution in [1.29, 1.82) is 0 Å². The molecule has 0 unspecified atom stereocenters. The van der Waals surface area contributed by atoms with Gasteiger partial charge in [0.05, 0.1) is 25.9 Å². The number of methoxy groups -OCH3 is 1. The van der Waals surface area contributed by atoms with Crippen LogP contribution in [0.4, 0.5) is 5.82 Å². The maximum atomic E-state index is 13.2. The number of nitrogens with zero attached hydrogens (tertiary/aromatic N) is 2. The summed E-state index contributed by atoms with van der Waals surface area (Å²) in [6, 6.07) is 9.34. The molecule has 8 nitrogen and oxygen atoms in total. The second-order valence-electron chi connectivity index (χ2n) is 6.68. The van der Waals surface area contributed by atoms with Crippen LogP contribution in [0.1, 0.15) is 21.5 Å². The molecule has 0 aliphatic carbocycles. The minimum absolute atomic E-state index is 0.0351. The molecule has 0 amide bonds. The standard InChI is InChI=1S/C20H25N3O5S/c1-15-5-3-4-6-16(15)7-8-21-19-18(13-17(14-22-19)20(24)27-2)29(25,26)23-9-11-28-12-10-23/h3-6,13-14H,7-12H2,1-2H3,(H,21,22). The van der Waals surface area contributed by atoms with E-state index in [0.29, 0.717) is 26.2 Å². The Morgan fingerprint density at radius 1 is 1.28 bits per heavy atom. The number of pyridine rings is 1. The van der Waals surface area contributed by atoms with Crippen LogP contribution >= 0.6 is 0 Å². The van der Waals surface area contributed by atoms with Gasteiger partial charge >= 0.3 is 5.97 Å². The molecular formula is C20H25N3O5S. The summed E-state index contributed by atoms with van der Waals surface area (Å²) in [7, 11) is -2.60. The van der Waals surface area contributed by atoms with E-state index in [4.69, 9.17) is 9.47 Å². The van der Waals surface area contributed by atoms with Gasteiger partial charge in [-0.1, -0.05) is 24.3 Å². The number of ether oxygens (including phenoxy) is 2. The van der Waals surface area contributed by atoms with Crippen molar-refractivity contribution in [2.24, 2.45) is 0 Å². The highest BCUT2D eigenvalue weighted by molar-refractivity contribution is 7.89. The molecule has 2 aromatic rings. The number of nitrogens with one attached hydrogen (secondary N) is 1. The highest BCUT2D eigenvalue weighted by atomic mass is 32.2. The Bertz CT molecular complexity index is 972. The SMILES string of the molecule is COC(=O)c1cnc(NCCc2ccccc2C)c(S(=O)(=O)N2CCOCC2)c1. The highest BCUT2D eigenvalue weighted by Crippen LogP contribution is 2.25. The van der Waals surface area contributed by atoms with Gasteiger partial charge < -0.3 is 14.8 Å². The van der Waals surface area contributed by atoms with E-state index < -0.39 is 16.0 Å². The van der Waals surface area contributed by atoms with Crippen LogP contribution in [0.15, 0.2) is 41.4 Å². The molecule has 1 aliphatic rings. The number of esters is 1. The molecule has 0 saturated carbocycles. The number of anilines is 1. The van der Waals surface area contributed by atoms with Crippen molar-refractivity contribution in [1.82, 2.24) is 9.29 Å². The molecule has 0 bridgehead atoms. The predicted molar refractivity (Wildman–Crippen MR) is 109 cm³/mol. The number of benzene rings is 1. The third kappa shape index (κ3) is 4.92. The number of morpholine rings is 1. The van der Waals surface area contributed by atoms with Gasteiger partial charge in [-0.25, -0.2) is 18.2 Å². The van der Waals surface area contributed by atoms with Crippen LogP contribution in [-0.4, -0.2) is 63.6 Å². The van der Waals surface area contributed by atoms with Gasteiger partial charge in [-0.3, -0.25) is 0 Å².